The van der Waals surface area contributed by atoms with Gasteiger partial charge in [-0.15, -0.1) is 0 Å². The Balaban J connectivity index is 1.69. The summed E-state index contributed by atoms with van der Waals surface area (Å²) in [7, 11) is 0. The Labute approximate surface area is 235 Å². The van der Waals surface area contributed by atoms with Crippen LogP contribution in [0.3, 0.4) is 0 Å². The predicted octanol–water partition coefficient (Wildman–Crippen LogP) is 5.95. The number of carbonyl (C=O) groups is 3. The Hall–Kier alpha value is -3.52. The molecule has 7 nitrogen and oxygen atoms in total. The number of alkyl carbamates (subject to hydrolysis) is 1. The van der Waals surface area contributed by atoms with E-state index in [-0.39, 0.29) is 23.6 Å². The van der Waals surface area contributed by atoms with Crippen LogP contribution < -0.4 is 10.6 Å². The molecule has 2 unspecified atom stereocenters. The van der Waals surface area contributed by atoms with Crippen molar-refractivity contribution in [2.75, 3.05) is 11.1 Å². The lowest BCUT2D eigenvalue weighted by molar-refractivity contribution is -0.141. The van der Waals surface area contributed by atoms with Crippen LogP contribution in [0.25, 0.3) is 10.8 Å². The molecule has 0 aromatic heterocycles. The lowest BCUT2D eigenvalue weighted by Gasteiger charge is -2.34. The predicted molar refractivity (Wildman–Crippen MR) is 158 cm³/mol. The summed E-state index contributed by atoms with van der Waals surface area (Å²) in [5.74, 6) is -0.616. The maximum atomic E-state index is 14.0. The summed E-state index contributed by atoms with van der Waals surface area (Å²) in [5, 5.41) is 7.79. The minimum Gasteiger partial charge on any atom is -0.444 e. The van der Waals surface area contributed by atoms with Gasteiger partial charge >= 0.3 is 6.09 Å². The first kappa shape index (κ1) is 28.5. The van der Waals surface area contributed by atoms with E-state index >= 15 is 0 Å². The van der Waals surface area contributed by atoms with Crippen LogP contribution in [0.4, 0.5) is 10.5 Å². The van der Waals surface area contributed by atoms with E-state index in [1.54, 1.807) is 25.7 Å². The molecule has 8 heteroatoms. The normalized spacial score (nSPS) is 14.8. The van der Waals surface area contributed by atoms with Crippen molar-refractivity contribution in [1.29, 1.82) is 0 Å². The van der Waals surface area contributed by atoms with Gasteiger partial charge in [-0.25, -0.2) is 4.79 Å². The molecular formula is C31H37N3O4S. The minimum atomic E-state index is -0.953. The van der Waals surface area contributed by atoms with E-state index in [1.165, 1.54) is 0 Å². The van der Waals surface area contributed by atoms with Crippen molar-refractivity contribution in [1.82, 2.24) is 10.2 Å². The first-order valence-corrected chi connectivity index (χ1v) is 13.9. The second-order valence-corrected chi connectivity index (χ2v) is 11.6. The molecule has 0 saturated heterocycles. The number of nitrogens with zero attached hydrogens (tertiary/aromatic N) is 1. The molecule has 0 heterocycles. The first-order valence-electron chi connectivity index (χ1n) is 13.3. The third kappa shape index (κ3) is 7.32. The van der Waals surface area contributed by atoms with Crippen molar-refractivity contribution in [3.05, 3.63) is 77.4 Å². The van der Waals surface area contributed by atoms with E-state index in [9.17, 15) is 14.4 Å². The van der Waals surface area contributed by atoms with Gasteiger partial charge in [0, 0.05) is 17.5 Å². The number of carbonyl (C=O) groups excluding carboxylic acids is 3. The zero-order valence-corrected chi connectivity index (χ0v) is 24.0. The summed E-state index contributed by atoms with van der Waals surface area (Å²) in [4.78, 5) is 42.2. The molecule has 2 N–H and O–H groups in total. The molecule has 1 saturated carbocycles. The average molecular weight is 548 g/mol. The number of ether oxygens (including phenoxy) is 1. The van der Waals surface area contributed by atoms with Gasteiger partial charge in [0.25, 0.3) is 5.91 Å². The second-order valence-electron chi connectivity index (χ2n) is 11.2. The number of fused-ring (bicyclic) bond motifs is 1. The minimum absolute atomic E-state index is 0.0627. The molecule has 206 valence electrons. The summed E-state index contributed by atoms with van der Waals surface area (Å²) in [6.07, 6.45) is 0.860. The molecule has 3 aromatic rings. The van der Waals surface area contributed by atoms with E-state index in [4.69, 9.17) is 4.74 Å². The van der Waals surface area contributed by atoms with Gasteiger partial charge in [0.15, 0.2) is 0 Å². The van der Waals surface area contributed by atoms with Crippen molar-refractivity contribution in [3.8, 4) is 0 Å². The quantitative estimate of drug-likeness (QED) is 0.304. The highest BCUT2D eigenvalue weighted by Gasteiger charge is 2.44. The molecule has 0 spiro atoms. The molecule has 3 amide bonds. The zero-order chi connectivity index (χ0) is 28.3. The molecule has 1 aliphatic rings. The smallest absolute Gasteiger partial charge is 0.408 e. The summed E-state index contributed by atoms with van der Waals surface area (Å²) >= 11 is 4.36. The van der Waals surface area contributed by atoms with Gasteiger partial charge in [-0.2, -0.15) is 12.6 Å². The van der Waals surface area contributed by atoms with E-state index in [0.717, 1.165) is 40.3 Å². The summed E-state index contributed by atoms with van der Waals surface area (Å²) < 4.78 is 5.38. The number of aryl methyl sites for hydroxylation is 2. The fourth-order valence-electron chi connectivity index (χ4n) is 4.77. The topological polar surface area (TPSA) is 87.7 Å². The van der Waals surface area contributed by atoms with Gasteiger partial charge in [0.1, 0.15) is 17.7 Å². The Kier molecular flexibility index (Phi) is 8.54. The van der Waals surface area contributed by atoms with E-state index in [1.807, 2.05) is 74.5 Å². The number of hydrogen-bond donors (Lipinski definition) is 3. The third-order valence-electron chi connectivity index (χ3n) is 6.47. The van der Waals surface area contributed by atoms with Gasteiger partial charge in [-0.3, -0.25) is 9.59 Å². The monoisotopic (exact) mass is 547 g/mol. The van der Waals surface area contributed by atoms with Crippen LogP contribution in [-0.2, 0) is 14.3 Å². The largest absolute Gasteiger partial charge is 0.444 e. The summed E-state index contributed by atoms with van der Waals surface area (Å²) in [6.45, 7) is 9.22. The second kappa shape index (κ2) is 11.7. The Morgan fingerprint density at radius 2 is 1.62 bits per heavy atom. The number of benzene rings is 3. The molecule has 39 heavy (non-hydrogen) atoms. The van der Waals surface area contributed by atoms with Gasteiger partial charge in [0.05, 0.1) is 0 Å². The first-order chi connectivity index (χ1) is 18.4. The van der Waals surface area contributed by atoms with Crippen molar-refractivity contribution < 1.29 is 19.1 Å². The van der Waals surface area contributed by atoms with E-state index in [0.29, 0.717) is 5.69 Å². The number of rotatable bonds is 8. The highest BCUT2D eigenvalue weighted by Crippen LogP contribution is 2.37. The SMILES string of the molecule is Cc1cc(C)cc(C(C(=O)Nc2ccc3ccccc3c2)N(C(=O)C(CS)NC(=O)OC(C)(C)C)C2CC2)c1. The van der Waals surface area contributed by atoms with Gasteiger partial charge in [-0.05, 0) is 75.9 Å². The maximum Gasteiger partial charge on any atom is 0.408 e. The summed E-state index contributed by atoms with van der Waals surface area (Å²) in [6, 6.07) is 17.6. The highest BCUT2D eigenvalue weighted by atomic mass is 32.1. The van der Waals surface area contributed by atoms with Crippen molar-refractivity contribution in [2.45, 2.75) is 71.2 Å². The van der Waals surface area contributed by atoms with Gasteiger partial charge in [0.2, 0.25) is 5.91 Å². The third-order valence-corrected chi connectivity index (χ3v) is 6.83. The molecule has 1 aliphatic carbocycles. The van der Waals surface area contributed by atoms with Crippen molar-refractivity contribution in [3.63, 3.8) is 0 Å². The van der Waals surface area contributed by atoms with Crippen LogP contribution in [0.5, 0.6) is 0 Å². The molecule has 3 aromatic carbocycles. The highest BCUT2D eigenvalue weighted by molar-refractivity contribution is 7.80. The van der Waals surface area contributed by atoms with Crippen LogP contribution in [0.1, 0.15) is 56.3 Å². The maximum absolute atomic E-state index is 14.0. The number of anilines is 1. The zero-order valence-electron chi connectivity index (χ0n) is 23.2. The number of amides is 3. The summed E-state index contributed by atoms with van der Waals surface area (Å²) in [5.41, 5.74) is 2.64. The number of nitrogens with one attached hydrogen (secondary N) is 2. The lowest BCUT2D eigenvalue weighted by Crippen LogP contribution is -2.54. The fraction of sp³-hybridized carbons (Fsp3) is 0.387. The number of thiol groups is 1. The molecule has 0 aliphatic heterocycles. The Morgan fingerprint density at radius 1 is 0.974 bits per heavy atom. The lowest BCUT2D eigenvalue weighted by atomic mass is 9.98. The molecule has 4 rings (SSSR count). The Bertz CT molecular complexity index is 1360. The van der Waals surface area contributed by atoms with Gasteiger partial charge in [-0.1, -0.05) is 59.7 Å². The van der Waals surface area contributed by atoms with Gasteiger partial charge < -0.3 is 20.3 Å². The molecule has 0 radical (unpaired) electrons. The molecule has 2 atom stereocenters. The van der Waals surface area contributed by atoms with Crippen LogP contribution >= 0.6 is 12.6 Å². The van der Waals surface area contributed by atoms with Crippen molar-refractivity contribution >= 4 is 47.0 Å². The molecular weight excluding hydrogens is 510 g/mol. The average Bonchev–Trinajstić information content (AvgIpc) is 3.68. The molecule has 1 fully saturated rings. The van der Waals surface area contributed by atoms with Crippen LogP contribution in [-0.4, -0.2) is 46.2 Å². The molecule has 0 bridgehead atoms. The van der Waals surface area contributed by atoms with Crippen LogP contribution in [0, 0.1) is 13.8 Å². The fourth-order valence-corrected chi connectivity index (χ4v) is 5.02. The van der Waals surface area contributed by atoms with E-state index < -0.39 is 23.8 Å². The van der Waals surface area contributed by atoms with Crippen molar-refractivity contribution in [2.24, 2.45) is 0 Å². The van der Waals surface area contributed by atoms with Crippen LogP contribution in [0.2, 0.25) is 0 Å². The standard InChI is InChI=1S/C31H37N3O4S/c1-19-14-20(2)16-23(15-19)27(28(35)32-24-11-10-21-8-6-7-9-22(21)17-24)34(25-12-13-25)29(36)26(18-39)33-30(37)38-31(3,4)5/h6-11,14-17,25-27,39H,12-13,18H2,1-5H3,(H,32,35)(H,33,37). The Morgan fingerprint density at radius 3 is 2.21 bits per heavy atom. The van der Waals surface area contributed by atoms with Crippen LogP contribution in [0.15, 0.2) is 60.7 Å². The number of hydrogen-bond acceptors (Lipinski definition) is 5. The van der Waals surface area contributed by atoms with E-state index in [2.05, 4.69) is 23.3 Å².